The molecule has 0 saturated carbocycles. The zero-order valence-electron chi connectivity index (χ0n) is 10.1. The molecule has 0 aliphatic heterocycles. The fourth-order valence-corrected chi connectivity index (χ4v) is 2.08. The number of aryl methyl sites for hydroxylation is 1. The summed E-state index contributed by atoms with van der Waals surface area (Å²) in [4.78, 5) is 4.11. The van der Waals surface area contributed by atoms with Crippen molar-refractivity contribution in [3.05, 3.63) is 53.6 Å². The van der Waals surface area contributed by atoms with Gasteiger partial charge in [-0.2, -0.15) is 10.4 Å². The van der Waals surface area contributed by atoms with Gasteiger partial charge in [0.1, 0.15) is 18.2 Å². The fourth-order valence-electron chi connectivity index (χ4n) is 2.08. The molecule has 0 radical (unpaired) electrons. The lowest BCUT2D eigenvalue weighted by Crippen LogP contribution is -1.98. The van der Waals surface area contributed by atoms with Gasteiger partial charge in [-0.05, 0) is 30.7 Å². The molecule has 0 fully saturated rings. The molecule has 0 bridgehead atoms. The van der Waals surface area contributed by atoms with Gasteiger partial charge in [0.05, 0.1) is 11.3 Å². The van der Waals surface area contributed by atoms with Crippen LogP contribution in [0, 0.1) is 24.1 Å². The Labute approximate surface area is 108 Å². The lowest BCUT2D eigenvalue weighted by Gasteiger charge is -2.08. The van der Waals surface area contributed by atoms with Crippen molar-refractivity contribution in [3.63, 3.8) is 0 Å². The predicted octanol–water partition coefficient (Wildman–Crippen LogP) is 2.72. The summed E-state index contributed by atoms with van der Waals surface area (Å²) in [5.74, 6) is -0.531. The zero-order chi connectivity index (χ0) is 13.4. The molecule has 0 amide bonds. The topological polar surface area (TPSA) is 54.0 Å². The van der Waals surface area contributed by atoms with Crippen molar-refractivity contribution in [1.29, 1.82) is 5.26 Å². The minimum atomic E-state index is -0.531. The Kier molecular flexibility index (Phi) is 2.50. The lowest BCUT2D eigenvalue weighted by molar-refractivity contribution is 0.624. The van der Waals surface area contributed by atoms with Gasteiger partial charge in [-0.15, -0.1) is 0 Å². The second-order valence-corrected chi connectivity index (χ2v) is 4.20. The molecule has 3 rings (SSSR count). The molecular formula is C14H9FN4. The van der Waals surface area contributed by atoms with E-state index in [9.17, 15) is 4.39 Å². The zero-order valence-corrected chi connectivity index (χ0v) is 10.1. The van der Waals surface area contributed by atoms with E-state index in [0.717, 1.165) is 11.3 Å². The number of halogens is 1. The van der Waals surface area contributed by atoms with Crippen molar-refractivity contribution in [2.45, 2.75) is 6.92 Å². The molecule has 1 aromatic carbocycles. The largest absolute Gasteiger partial charge is 0.215 e. The molecule has 4 nitrogen and oxygen atoms in total. The minimum Gasteiger partial charge on any atom is -0.215 e. The summed E-state index contributed by atoms with van der Waals surface area (Å²) in [7, 11) is 0. The van der Waals surface area contributed by atoms with Crippen LogP contribution >= 0.6 is 0 Å². The van der Waals surface area contributed by atoms with E-state index in [4.69, 9.17) is 5.26 Å². The highest BCUT2D eigenvalue weighted by atomic mass is 19.1. The molecular weight excluding hydrogens is 243 g/mol. The molecule has 0 N–H and O–H groups in total. The van der Waals surface area contributed by atoms with Crippen LogP contribution < -0.4 is 0 Å². The van der Waals surface area contributed by atoms with E-state index < -0.39 is 5.82 Å². The van der Waals surface area contributed by atoms with E-state index in [1.165, 1.54) is 18.5 Å². The first kappa shape index (κ1) is 11.4. The second-order valence-electron chi connectivity index (χ2n) is 4.20. The van der Waals surface area contributed by atoms with Gasteiger partial charge in [0.15, 0.2) is 5.65 Å². The van der Waals surface area contributed by atoms with E-state index in [-0.39, 0.29) is 5.56 Å². The first-order valence-corrected chi connectivity index (χ1v) is 5.70. The van der Waals surface area contributed by atoms with Crippen molar-refractivity contribution in [1.82, 2.24) is 14.6 Å². The van der Waals surface area contributed by atoms with Crippen molar-refractivity contribution in [2.75, 3.05) is 0 Å². The Morgan fingerprint density at radius 3 is 2.84 bits per heavy atom. The van der Waals surface area contributed by atoms with Gasteiger partial charge in [-0.3, -0.25) is 0 Å². The van der Waals surface area contributed by atoms with Crippen LogP contribution in [0.5, 0.6) is 0 Å². The SMILES string of the molecule is Cc1ccc2ncnn2c1-c1ccc(C#N)c(F)c1. The van der Waals surface area contributed by atoms with Crippen molar-refractivity contribution >= 4 is 5.65 Å². The predicted molar refractivity (Wildman–Crippen MR) is 67.8 cm³/mol. The van der Waals surface area contributed by atoms with E-state index in [2.05, 4.69) is 10.1 Å². The number of nitriles is 1. The summed E-state index contributed by atoms with van der Waals surface area (Å²) in [6.07, 6.45) is 1.46. The van der Waals surface area contributed by atoms with E-state index in [0.29, 0.717) is 11.2 Å². The summed E-state index contributed by atoms with van der Waals surface area (Å²) in [5.41, 5.74) is 3.14. The molecule has 0 aliphatic rings. The molecule has 0 spiro atoms. The number of aromatic nitrogens is 3. The Morgan fingerprint density at radius 1 is 1.26 bits per heavy atom. The standard InChI is InChI=1S/C14H9FN4/c1-9-2-5-13-17-8-18-19(13)14(9)10-3-4-11(7-16)12(15)6-10/h2-6,8H,1H3. The van der Waals surface area contributed by atoms with E-state index in [1.807, 2.05) is 25.1 Å². The van der Waals surface area contributed by atoms with E-state index in [1.54, 1.807) is 10.6 Å². The van der Waals surface area contributed by atoms with Gasteiger partial charge >= 0.3 is 0 Å². The van der Waals surface area contributed by atoms with Crippen molar-refractivity contribution < 1.29 is 4.39 Å². The maximum absolute atomic E-state index is 13.7. The van der Waals surface area contributed by atoms with Crippen LogP contribution in [0.25, 0.3) is 16.9 Å². The molecule has 3 aromatic rings. The highest BCUT2D eigenvalue weighted by molar-refractivity contribution is 5.67. The molecule has 2 heterocycles. The van der Waals surface area contributed by atoms with Crippen LogP contribution in [0.15, 0.2) is 36.7 Å². The third-order valence-corrected chi connectivity index (χ3v) is 3.00. The highest BCUT2D eigenvalue weighted by Gasteiger charge is 2.11. The Balaban J connectivity index is 2.30. The summed E-state index contributed by atoms with van der Waals surface area (Å²) < 4.78 is 15.4. The van der Waals surface area contributed by atoms with Gasteiger partial charge < -0.3 is 0 Å². The number of nitrogens with zero attached hydrogens (tertiary/aromatic N) is 4. The molecule has 0 aliphatic carbocycles. The Morgan fingerprint density at radius 2 is 2.11 bits per heavy atom. The van der Waals surface area contributed by atoms with Crippen molar-refractivity contribution in [2.24, 2.45) is 0 Å². The number of hydrogen-bond acceptors (Lipinski definition) is 3. The Bertz CT molecular complexity index is 814. The van der Waals surface area contributed by atoms with Gasteiger partial charge in [-0.1, -0.05) is 12.1 Å². The first-order valence-electron chi connectivity index (χ1n) is 5.70. The summed E-state index contributed by atoms with van der Waals surface area (Å²) in [6.45, 7) is 1.92. The average Bonchev–Trinajstić information content (AvgIpc) is 2.86. The number of rotatable bonds is 1. The number of pyridine rings is 1. The van der Waals surface area contributed by atoms with Crippen LogP contribution in [0.4, 0.5) is 4.39 Å². The van der Waals surface area contributed by atoms with E-state index >= 15 is 0 Å². The first-order chi connectivity index (χ1) is 9.20. The number of benzene rings is 1. The molecule has 19 heavy (non-hydrogen) atoms. The summed E-state index contributed by atoms with van der Waals surface area (Å²) in [6, 6.07) is 10.1. The third-order valence-electron chi connectivity index (χ3n) is 3.00. The van der Waals surface area contributed by atoms with Gasteiger partial charge in [0.2, 0.25) is 0 Å². The minimum absolute atomic E-state index is 0.0344. The molecule has 0 saturated heterocycles. The maximum atomic E-state index is 13.7. The van der Waals surface area contributed by atoms with Gasteiger partial charge in [0, 0.05) is 5.56 Å². The summed E-state index contributed by atoms with van der Waals surface area (Å²) >= 11 is 0. The van der Waals surface area contributed by atoms with Crippen LogP contribution in [0.3, 0.4) is 0 Å². The molecule has 0 atom stereocenters. The molecule has 5 heteroatoms. The Hall–Kier alpha value is -2.74. The summed E-state index contributed by atoms with van der Waals surface area (Å²) in [5, 5.41) is 12.9. The lowest BCUT2D eigenvalue weighted by atomic mass is 10.0. The van der Waals surface area contributed by atoms with Gasteiger partial charge in [0.25, 0.3) is 0 Å². The fraction of sp³-hybridized carbons (Fsp3) is 0.0714. The average molecular weight is 252 g/mol. The molecule has 92 valence electrons. The van der Waals surface area contributed by atoms with Crippen molar-refractivity contribution in [3.8, 4) is 17.3 Å². The molecule has 2 aromatic heterocycles. The monoisotopic (exact) mass is 252 g/mol. The molecule has 0 unspecified atom stereocenters. The number of hydrogen-bond donors (Lipinski definition) is 0. The van der Waals surface area contributed by atoms with Crippen LogP contribution in [-0.4, -0.2) is 14.6 Å². The third kappa shape index (κ3) is 1.74. The highest BCUT2D eigenvalue weighted by Crippen LogP contribution is 2.25. The van der Waals surface area contributed by atoms with Gasteiger partial charge in [-0.25, -0.2) is 13.9 Å². The maximum Gasteiger partial charge on any atom is 0.155 e. The van der Waals surface area contributed by atoms with Crippen LogP contribution in [0.1, 0.15) is 11.1 Å². The number of fused-ring (bicyclic) bond motifs is 1. The second kappa shape index (κ2) is 4.18. The quantitative estimate of drug-likeness (QED) is 0.669. The van der Waals surface area contributed by atoms with Crippen LogP contribution in [0.2, 0.25) is 0 Å². The van der Waals surface area contributed by atoms with Crippen LogP contribution in [-0.2, 0) is 0 Å². The normalized spacial score (nSPS) is 10.6. The smallest absolute Gasteiger partial charge is 0.155 e.